The molecule has 98 valence electrons. The maximum Gasteiger partial charge on any atom is 0.136 e. The molecule has 1 aromatic rings. The van der Waals surface area contributed by atoms with Gasteiger partial charge < -0.3 is 9.80 Å². The Morgan fingerprint density at radius 1 is 1.17 bits per heavy atom. The molecule has 0 saturated carbocycles. The van der Waals surface area contributed by atoms with Crippen LogP contribution in [0.3, 0.4) is 0 Å². The number of hydrogen-bond donors (Lipinski definition) is 0. The van der Waals surface area contributed by atoms with Crippen molar-refractivity contribution in [1.29, 1.82) is 0 Å². The summed E-state index contributed by atoms with van der Waals surface area (Å²) in [5.74, 6) is 3.69. The van der Waals surface area contributed by atoms with Crippen molar-refractivity contribution in [3.63, 3.8) is 0 Å². The van der Waals surface area contributed by atoms with E-state index in [2.05, 4.69) is 38.6 Å². The Labute approximate surface area is 113 Å². The minimum Gasteiger partial charge on any atom is -0.355 e. The largest absolute Gasteiger partial charge is 0.355 e. The number of likely N-dealkylation sites (N-methyl/N-ethyl adjacent to an activating group) is 1. The van der Waals surface area contributed by atoms with Gasteiger partial charge in [-0.05, 0) is 19.2 Å². The normalized spacial score (nSPS) is 21.5. The van der Waals surface area contributed by atoms with Gasteiger partial charge >= 0.3 is 0 Å². The number of hydrogen-bond acceptors (Lipinski definition) is 5. The number of aromatic nitrogens is 2. The van der Waals surface area contributed by atoms with Crippen molar-refractivity contribution < 1.29 is 0 Å². The van der Waals surface area contributed by atoms with E-state index < -0.39 is 0 Å². The smallest absolute Gasteiger partial charge is 0.136 e. The van der Waals surface area contributed by atoms with Gasteiger partial charge in [-0.25, -0.2) is 9.97 Å². The second kappa shape index (κ2) is 5.45. The molecule has 18 heavy (non-hydrogen) atoms. The summed E-state index contributed by atoms with van der Waals surface area (Å²) in [5.41, 5.74) is 2.62. The zero-order chi connectivity index (χ0) is 12.4. The predicted octanol–water partition coefficient (Wildman–Crippen LogP) is 1.41. The van der Waals surface area contributed by atoms with Crippen molar-refractivity contribution >= 4 is 17.6 Å². The number of rotatable bonds is 1. The Bertz CT molecular complexity index is 415. The molecule has 3 heterocycles. The van der Waals surface area contributed by atoms with Crippen molar-refractivity contribution in [3.8, 4) is 0 Å². The highest BCUT2D eigenvalue weighted by atomic mass is 32.2. The van der Waals surface area contributed by atoms with E-state index in [4.69, 9.17) is 0 Å². The van der Waals surface area contributed by atoms with Crippen LogP contribution in [0.25, 0.3) is 0 Å². The molecular formula is C13H20N4S. The number of nitrogens with zero attached hydrogens (tertiary/aromatic N) is 4. The molecule has 1 saturated heterocycles. The second-order valence-electron chi connectivity index (χ2n) is 5.06. The second-order valence-corrected chi connectivity index (χ2v) is 6.29. The molecule has 0 bridgehead atoms. The molecule has 1 fully saturated rings. The van der Waals surface area contributed by atoms with E-state index in [1.54, 1.807) is 6.33 Å². The van der Waals surface area contributed by atoms with Gasteiger partial charge in [-0.2, -0.15) is 11.8 Å². The van der Waals surface area contributed by atoms with Gasteiger partial charge in [-0.1, -0.05) is 0 Å². The van der Waals surface area contributed by atoms with Crippen molar-refractivity contribution in [2.75, 3.05) is 43.1 Å². The topological polar surface area (TPSA) is 32.3 Å². The maximum absolute atomic E-state index is 4.57. The Hall–Kier alpha value is -0.810. The van der Waals surface area contributed by atoms with Crippen molar-refractivity contribution in [2.24, 2.45) is 0 Å². The third kappa shape index (κ3) is 2.47. The highest BCUT2D eigenvalue weighted by Crippen LogP contribution is 2.26. The molecule has 2 aliphatic rings. The van der Waals surface area contributed by atoms with E-state index in [1.165, 1.54) is 35.0 Å². The Kier molecular flexibility index (Phi) is 3.70. The first kappa shape index (κ1) is 12.2. The average molecular weight is 264 g/mol. The molecule has 0 unspecified atom stereocenters. The summed E-state index contributed by atoms with van der Waals surface area (Å²) in [6.45, 7) is 4.37. The minimum atomic E-state index is 0.995. The lowest BCUT2D eigenvalue weighted by atomic mass is 10.1. The first-order valence-corrected chi connectivity index (χ1v) is 7.84. The fourth-order valence-corrected chi connectivity index (χ4v) is 3.58. The summed E-state index contributed by atoms with van der Waals surface area (Å²) < 4.78 is 0. The lowest BCUT2D eigenvalue weighted by molar-refractivity contribution is 0.309. The molecule has 0 radical (unpaired) electrons. The third-order valence-electron chi connectivity index (χ3n) is 3.69. The molecular weight excluding hydrogens is 244 g/mol. The van der Waals surface area contributed by atoms with Gasteiger partial charge in [0.15, 0.2) is 0 Å². The summed E-state index contributed by atoms with van der Waals surface area (Å²) in [4.78, 5) is 13.9. The van der Waals surface area contributed by atoms with Crippen LogP contribution in [0.4, 0.5) is 5.82 Å². The van der Waals surface area contributed by atoms with E-state index in [9.17, 15) is 0 Å². The Morgan fingerprint density at radius 2 is 2.11 bits per heavy atom. The SMILES string of the molecule is CN1CCc2ncnc(N3CCCSCC3)c2C1. The Morgan fingerprint density at radius 3 is 3.06 bits per heavy atom. The summed E-state index contributed by atoms with van der Waals surface area (Å²) in [6.07, 6.45) is 4.07. The molecule has 4 nitrogen and oxygen atoms in total. The molecule has 1 aromatic heterocycles. The van der Waals surface area contributed by atoms with Crippen LogP contribution in [-0.4, -0.2) is 53.1 Å². The first-order valence-electron chi connectivity index (χ1n) is 6.68. The summed E-state index contributed by atoms with van der Waals surface area (Å²) >= 11 is 2.06. The van der Waals surface area contributed by atoms with Gasteiger partial charge in [0.1, 0.15) is 12.1 Å². The van der Waals surface area contributed by atoms with Gasteiger partial charge in [-0.15, -0.1) is 0 Å². The number of fused-ring (bicyclic) bond motifs is 1. The van der Waals surface area contributed by atoms with Crippen LogP contribution in [0.2, 0.25) is 0 Å². The van der Waals surface area contributed by atoms with Gasteiger partial charge in [0, 0.05) is 43.9 Å². The van der Waals surface area contributed by atoms with Gasteiger partial charge in [0.25, 0.3) is 0 Å². The predicted molar refractivity (Wildman–Crippen MR) is 76.2 cm³/mol. The van der Waals surface area contributed by atoms with Crippen LogP contribution >= 0.6 is 11.8 Å². The van der Waals surface area contributed by atoms with Crippen LogP contribution < -0.4 is 4.90 Å². The number of anilines is 1. The molecule has 0 amide bonds. The fraction of sp³-hybridized carbons (Fsp3) is 0.692. The van der Waals surface area contributed by atoms with E-state index in [0.29, 0.717) is 0 Å². The van der Waals surface area contributed by atoms with Crippen LogP contribution in [0.1, 0.15) is 17.7 Å². The summed E-state index contributed by atoms with van der Waals surface area (Å²) in [6, 6.07) is 0. The Balaban J connectivity index is 1.91. The highest BCUT2D eigenvalue weighted by Gasteiger charge is 2.22. The molecule has 5 heteroatoms. The monoisotopic (exact) mass is 264 g/mol. The molecule has 0 aliphatic carbocycles. The fourth-order valence-electron chi connectivity index (χ4n) is 2.69. The third-order valence-corrected chi connectivity index (χ3v) is 4.74. The highest BCUT2D eigenvalue weighted by molar-refractivity contribution is 7.99. The lowest BCUT2D eigenvalue weighted by Crippen LogP contribution is -2.33. The number of thioether (sulfide) groups is 1. The standard InChI is InChI=1S/C13H20N4S/c1-16-5-3-12-11(9-16)13(15-10-14-12)17-4-2-7-18-8-6-17/h10H,2-9H2,1H3. The molecule has 2 aliphatic heterocycles. The minimum absolute atomic E-state index is 0.995. The van der Waals surface area contributed by atoms with Crippen LogP contribution in [-0.2, 0) is 13.0 Å². The van der Waals surface area contributed by atoms with Crippen molar-refractivity contribution in [1.82, 2.24) is 14.9 Å². The first-order chi connectivity index (χ1) is 8.84. The quantitative estimate of drug-likeness (QED) is 0.766. The van der Waals surface area contributed by atoms with E-state index >= 15 is 0 Å². The average Bonchev–Trinajstić information content (AvgIpc) is 2.67. The molecule has 3 rings (SSSR count). The van der Waals surface area contributed by atoms with Crippen molar-refractivity contribution in [3.05, 3.63) is 17.6 Å². The van der Waals surface area contributed by atoms with Crippen LogP contribution in [0, 0.1) is 0 Å². The van der Waals surface area contributed by atoms with Gasteiger partial charge in [0.05, 0.1) is 5.69 Å². The maximum atomic E-state index is 4.57. The summed E-state index contributed by atoms with van der Waals surface area (Å²) in [7, 11) is 2.18. The molecule has 0 spiro atoms. The van der Waals surface area contributed by atoms with E-state index in [-0.39, 0.29) is 0 Å². The molecule has 0 N–H and O–H groups in total. The van der Waals surface area contributed by atoms with E-state index in [1.807, 2.05) is 0 Å². The zero-order valence-electron chi connectivity index (χ0n) is 10.9. The van der Waals surface area contributed by atoms with Gasteiger partial charge in [0.2, 0.25) is 0 Å². The van der Waals surface area contributed by atoms with Gasteiger partial charge in [-0.3, -0.25) is 0 Å². The zero-order valence-corrected chi connectivity index (χ0v) is 11.7. The van der Waals surface area contributed by atoms with Crippen LogP contribution in [0.5, 0.6) is 0 Å². The van der Waals surface area contributed by atoms with Crippen LogP contribution in [0.15, 0.2) is 6.33 Å². The molecule has 0 atom stereocenters. The lowest BCUT2D eigenvalue weighted by Gasteiger charge is -2.30. The van der Waals surface area contributed by atoms with E-state index in [0.717, 1.165) is 32.6 Å². The summed E-state index contributed by atoms with van der Waals surface area (Å²) in [5, 5.41) is 0. The van der Waals surface area contributed by atoms with Crippen molar-refractivity contribution in [2.45, 2.75) is 19.4 Å². The molecule has 0 aromatic carbocycles.